The quantitative estimate of drug-likeness (QED) is 0.681. The van der Waals surface area contributed by atoms with Crippen molar-refractivity contribution in [3.8, 4) is 11.5 Å². The molecule has 1 aliphatic rings. The molecule has 0 aromatic heterocycles. The zero-order valence-electron chi connectivity index (χ0n) is 15.1. The molecular formula is C18H28BrClN2O3. The van der Waals surface area contributed by atoms with Crippen LogP contribution in [0.2, 0.25) is 0 Å². The Kier molecular flexibility index (Phi) is 9.61. The lowest BCUT2D eigenvalue weighted by Crippen LogP contribution is -2.31. The fourth-order valence-corrected chi connectivity index (χ4v) is 3.50. The summed E-state index contributed by atoms with van der Waals surface area (Å²) < 4.78 is 12.2. The predicted molar refractivity (Wildman–Crippen MR) is 106 cm³/mol. The van der Waals surface area contributed by atoms with Gasteiger partial charge in [0.1, 0.15) is 0 Å². The van der Waals surface area contributed by atoms with E-state index in [1.54, 1.807) is 0 Å². The molecule has 2 rings (SSSR count). The minimum absolute atomic E-state index is 0. The summed E-state index contributed by atoms with van der Waals surface area (Å²) in [4.78, 5) is 14.6. The number of benzene rings is 1. The molecule has 142 valence electrons. The maximum Gasteiger partial charge on any atom is 0.227 e. The number of hydrogen-bond acceptors (Lipinski definition) is 4. The SMILES string of the molecule is CCOc1cc(Br)c(CC(=O)N2CCC(CNC)C2)cc1OCC.Cl. The fourth-order valence-electron chi connectivity index (χ4n) is 3.04. The van der Waals surface area contributed by atoms with Gasteiger partial charge in [0.15, 0.2) is 11.5 Å². The Labute approximate surface area is 165 Å². The Morgan fingerprint density at radius 3 is 2.52 bits per heavy atom. The first-order chi connectivity index (χ1) is 11.6. The van der Waals surface area contributed by atoms with Crippen molar-refractivity contribution in [2.45, 2.75) is 26.7 Å². The highest BCUT2D eigenvalue weighted by Crippen LogP contribution is 2.34. The highest BCUT2D eigenvalue weighted by atomic mass is 79.9. The number of amides is 1. The Morgan fingerprint density at radius 1 is 1.28 bits per heavy atom. The smallest absolute Gasteiger partial charge is 0.227 e. The van der Waals surface area contributed by atoms with E-state index >= 15 is 0 Å². The van der Waals surface area contributed by atoms with Crippen LogP contribution < -0.4 is 14.8 Å². The molecule has 0 radical (unpaired) electrons. The molecular weight excluding hydrogens is 408 g/mol. The molecule has 25 heavy (non-hydrogen) atoms. The first-order valence-corrected chi connectivity index (χ1v) is 9.38. The van der Waals surface area contributed by atoms with Crippen LogP contribution in [0.15, 0.2) is 16.6 Å². The molecule has 1 atom stereocenters. The molecule has 1 fully saturated rings. The van der Waals surface area contributed by atoms with Crippen LogP contribution in [-0.2, 0) is 11.2 Å². The average molecular weight is 436 g/mol. The number of nitrogens with zero attached hydrogens (tertiary/aromatic N) is 1. The highest BCUT2D eigenvalue weighted by molar-refractivity contribution is 9.10. The molecule has 1 unspecified atom stereocenters. The van der Waals surface area contributed by atoms with Crippen LogP contribution in [0, 0.1) is 5.92 Å². The third-order valence-electron chi connectivity index (χ3n) is 4.19. The minimum Gasteiger partial charge on any atom is -0.490 e. The van der Waals surface area contributed by atoms with Gasteiger partial charge >= 0.3 is 0 Å². The molecule has 1 N–H and O–H groups in total. The van der Waals surface area contributed by atoms with E-state index in [0.717, 1.165) is 36.1 Å². The number of ether oxygens (including phenoxy) is 2. The van der Waals surface area contributed by atoms with Crippen LogP contribution in [0.1, 0.15) is 25.8 Å². The molecule has 5 nitrogen and oxygen atoms in total. The third-order valence-corrected chi connectivity index (χ3v) is 4.92. The second-order valence-corrected chi connectivity index (χ2v) is 6.84. The highest BCUT2D eigenvalue weighted by Gasteiger charge is 2.26. The Balaban J connectivity index is 0.00000312. The van der Waals surface area contributed by atoms with E-state index in [-0.39, 0.29) is 18.3 Å². The number of rotatable bonds is 8. The predicted octanol–water partition coefficient (Wildman–Crippen LogP) is 3.28. The lowest BCUT2D eigenvalue weighted by Gasteiger charge is -2.18. The van der Waals surface area contributed by atoms with Crippen LogP contribution in [-0.4, -0.2) is 50.7 Å². The largest absolute Gasteiger partial charge is 0.490 e. The lowest BCUT2D eigenvalue weighted by atomic mass is 10.1. The molecule has 1 aliphatic heterocycles. The summed E-state index contributed by atoms with van der Waals surface area (Å²) in [5, 5.41) is 3.19. The van der Waals surface area contributed by atoms with Gasteiger partial charge in [0.2, 0.25) is 5.91 Å². The molecule has 1 amide bonds. The Bertz CT molecular complexity index is 571. The number of halogens is 2. The zero-order valence-corrected chi connectivity index (χ0v) is 17.5. The molecule has 1 saturated heterocycles. The summed E-state index contributed by atoms with van der Waals surface area (Å²) in [6.07, 6.45) is 1.44. The summed E-state index contributed by atoms with van der Waals surface area (Å²) >= 11 is 3.56. The fraction of sp³-hybridized carbons (Fsp3) is 0.611. The lowest BCUT2D eigenvalue weighted by molar-refractivity contribution is -0.129. The zero-order chi connectivity index (χ0) is 17.5. The average Bonchev–Trinajstić information content (AvgIpc) is 3.01. The summed E-state index contributed by atoms with van der Waals surface area (Å²) in [5.41, 5.74) is 0.934. The van der Waals surface area contributed by atoms with E-state index in [2.05, 4.69) is 21.2 Å². The summed E-state index contributed by atoms with van der Waals surface area (Å²) in [5.74, 6) is 2.13. The Morgan fingerprint density at radius 2 is 1.92 bits per heavy atom. The summed E-state index contributed by atoms with van der Waals surface area (Å²) in [6.45, 7) is 7.67. The molecule has 7 heteroatoms. The second kappa shape index (κ2) is 10.9. The Hall–Kier alpha value is -0.980. The van der Waals surface area contributed by atoms with Gasteiger partial charge in [0, 0.05) is 17.6 Å². The molecule has 0 bridgehead atoms. The molecule has 1 aromatic rings. The van der Waals surface area contributed by atoms with Gasteiger partial charge in [-0.1, -0.05) is 15.9 Å². The summed E-state index contributed by atoms with van der Waals surface area (Å²) in [6, 6.07) is 3.81. The summed E-state index contributed by atoms with van der Waals surface area (Å²) in [7, 11) is 1.96. The molecule has 0 saturated carbocycles. The topological polar surface area (TPSA) is 50.8 Å². The van der Waals surface area contributed by atoms with E-state index in [1.165, 1.54) is 0 Å². The van der Waals surface area contributed by atoms with Crippen molar-refractivity contribution in [1.29, 1.82) is 0 Å². The van der Waals surface area contributed by atoms with Crippen LogP contribution in [0.5, 0.6) is 11.5 Å². The van der Waals surface area contributed by atoms with Crippen LogP contribution in [0.3, 0.4) is 0 Å². The van der Waals surface area contributed by atoms with Gasteiger partial charge < -0.3 is 19.7 Å². The number of likely N-dealkylation sites (tertiary alicyclic amines) is 1. The second-order valence-electron chi connectivity index (χ2n) is 5.99. The minimum atomic E-state index is 0. The van der Waals surface area contributed by atoms with Gasteiger partial charge in [0.25, 0.3) is 0 Å². The standard InChI is InChI=1S/C18H27BrN2O3.ClH/c1-4-23-16-8-14(15(19)10-17(16)24-5-2)9-18(22)21-7-6-13(12-21)11-20-3;/h8,10,13,20H,4-7,9,11-12H2,1-3H3;1H. The third kappa shape index (κ3) is 6.04. The van der Waals surface area contributed by atoms with Crippen molar-refractivity contribution in [1.82, 2.24) is 10.2 Å². The number of nitrogens with one attached hydrogen (secondary N) is 1. The van der Waals surface area contributed by atoms with Crippen LogP contribution in [0.25, 0.3) is 0 Å². The molecule has 1 heterocycles. The number of hydrogen-bond donors (Lipinski definition) is 1. The van der Waals surface area contributed by atoms with Crippen molar-refractivity contribution in [3.05, 3.63) is 22.2 Å². The van der Waals surface area contributed by atoms with E-state index < -0.39 is 0 Å². The van der Waals surface area contributed by atoms with Gasteiger partial charge in [-0.05, 0) is 57.5 Å². The van der Waals surface area contributed by atoms with Crippen molar-refractivity contribution < 1.29 is 14.3 Å². The van der Waals surface area contributed by atoms with E-state index in [4.69, 9.17) is 9.47 Å². The monoisotopic (exact) mass is 434 g/mol. The maximum absolute atomic E-state index is 12.6. The van der Waals surface area contributed by atoms with Crippen molar-refractivity contribution in [2.24, 2.45) is 5.92 Å². The van der Waals surface area contributed by atoms with Gasteiger partial charge in [-0.3, -0.25) is 4.79 Å². The molecule has 0 spiro atoms. The van der Waals surface area contributed by atoms with Crippen molar-refractivity contribution >= 4 is 34.2 Å². The first kappa shape index (κ1) is 22.1. The first-order valence-electron chi connectivity index (χ1n) is 8.59. The normalized spacial score (nSPS) is 16.5. The van der Waals surface area contributed by atoms with Crippen LogP contribution >= 0.6 is 28.3 Å². The van der Waals surface area contributed by atoms with E-state index in [9.17, 15) is 4.79 Å². The van der Waals surface area contributed by atoms with Crippen LogP contribution in [0.4, 0.5) is 0 Å². The van der Waals surface area contributed by atoms with Crippen molar-refractivity contribution in [3.63, 3.8) is 0 Å². The van der Waals surface area contributed by atoms with Crippen molar-refractivity contribution in [2.75, 3.05) is 39.9 Å². The van der Waals surface area contributed by atoms with Gasteiger partial charge in [0.05, 0.1) is 19.6 Å². The van der Waals surface area contributed by atoms with E-state index in [0.29, 0.717) is 37.1 Å². The number of carbonyl (C=O) groups is 1. The van der Waals surface area contributed by atoms with E-state index in [1.807, 2.05) is 37.9 Å². The van der Waals surface area contributed by atoms with Gasteiger partial charge in [-0.2, -0.15) is 0 Å². The van der Waals surface area contributed by atoms with Gasteiger partial charge in [-0.15, -0.1) is 12.4 Å². The number of carbonyl (C=O) groups excluding carboxylic acids is 1. The maximum atomic E-state index is 12.6. The molecule has 0 aliphatic carbocycles. The van der Waals surface area contributed by atoms with Gasteiger partial charge in [-0.25, -0.2) is 0 Å². The molecule has 1 aromatic carbocycles.